The Kier molecular flexibility index (Phi) is 3.02. The summed E-state index contributed by atoms with van der Waals surface area (Å²) in [6, 6.07) is 1.45. The van der Waals surface area contributed by atoms with Crippen LogP contribution in [0.3, 0.4) is 0 Å². The molecule has 1 rings (SSSR count). The van der Waals surface area contributed by atoms with E-state index in [4.69, 9.17) is 4.55 Å². The first-order chi connectivity index (χ1) is 4.61. The molecule has 7 heteroatoms. The molecular weight excluding hydrogens is 175 g/mol. The molecule has 0 radical (unpaired) electrons. The highest BCUT2D eigenvalue weighted by Gasteiger charge is 2.10. The molecule has 1 heterocycles. The van der Waals surface area contributed by atoms with Crippen LogP contribution in [-0.4, -0.2) is 22.9 Å². The fourth-order valence-electron chi connectivity index (χ4n) is 0.419. The molecule has 0 aliphatic rings. The summed E-state index contributed by atoms with van der Waals surface area (Å²) >= 11 is 0. The van der Waals surface area contributed by atoms with Gasteiger partial charge in [0.15, 0.2) is 0 Å². The van der Waals surface area contributed by atoms with Crippen LogP contribution in [0.15, 0.2) is 23.6 Å². The second-order valence-electron chi connectivity index (χ2n) is 1.51. The molecule has 0 atom stereocenters. The third kappa shape index (κ3) is 2.56. The first-order valence-electron chi connectivity index (χ1n) is 2.35. The number of nitrogens with zero attached hydrogens (tertiary/aromatic N) is 2. The van der Waals surface area contributed by atoms with Crippen molar-refractivity contribution in [3.8, 4) is 0 Å². The average molecular weight is 180 g/mol. The van der Waals surface area contributed by atoms with E-state index in [1.54, 1.807) is 0 Å². The van der Waals surface area contributed by atoms with Crippen molar-refractivity contribution in [2.75, 3.05) is 0 Å². The highest BCUT2D eigenvalue weighted by Crippen LogP contribution is 1.95. The van der Waals surface area contributed by atoms with Crippen LogP contribution in [0.1, 0.15) is 0 Å². The first kappa shape index (κ1) is 9.92. The number of rotatable bonds is 1. The minimum Gasteiger partial charge on any atom is -0.279 e. The van der Waals surface area contributed by atoms with Crippen LogP contribution in [-0.2, 0) is 10.1 Å². The van der Waals surface area contributed by atoms with Crippen LogP contribution < -0.4 is 0 Å². The third-order valence-corrected chi connectivity index (χ3v) is 1.45. The van der Waals surface area contributed by atoms with Gasteiger partial charge in [-0.2, -0.15) is 8.42 Å². The highest BCUT2D eigenvalue weighted by molar-refractivity contribution is 7.85. The average Bonchev–Trinajstić information content (AvgIpc) is 1.88. The van der Waals surface area contributed by atoms with E-state index >= 15 is 0 Å². The molecule has 0 aliphatic carbocycles. The van der Waals surface area contributed by atoms with Crippen molar-refractivity contribution in [2.45, 2.75) is 5.16 Å². The van der Waals surface area contributed by atoms with E-state index in [9.17, 15) is 8.42 Å². The zero-order chi connectivity index (χ0) is 7.61. The summed E-state index contributed by atoms with van der Waals surface area (Å²) in [4.78, 5) is 6.60. The standard InChI is InChI=1S/C4H4N2O3S.FH/c7-10(8,9)4-5-2-1-3-6-4;/h1-3H,(H,7,8,9);1H. The third-order valence-electron chi connectivity index (χ3n) is 0.773. The molecule has 0 unspecified atom stereocenters. The van der Waals surface area contributed by atoms with Gasteiger partial charge in [-0.1, -0.05) is 0 Å². The van der Waals surface area contributed by atoms with Crippen LogP contribution in [0.4, 0.5) is 4.70 Å². The molecule has 0 saturated heterocycles. The van der Waals surface area contributed by atoms with Gasteiger partial charge in [0.1, 0.15) is 0 Å². The van der Waals surface area contributed by atoms with Crippen LogP contribution in [0, 0.1) is 0 Å². The van der Waals surface area contributed by atoms with E-state index in [2.05, 4.69) is 9.97 Å². The minimum absolute atomic E-state index is 0. The Balaban J connectivity index is 0.000001000. The summed E-state index contributed by atoms with van der Waals surface area (Å²) in [7, 11) is -4.23. The van der Waals surface area contributed by atoms with Crippen molar-refractivity contribution in [1.82, 2.24) is 9.97 Å². The van der Waals surface area contributed by atoms with Gasteiger partial charge < -0.3 is 0 Å². The SMILES string of the molecule is F.O=S(=O)(O)c1ncccn1. The molecule has 1 N–H and O–H groups in total. The molecule has 0 bridgehead atoms. The van der Waals surface area contributed by atoms with Gasteiger partial charge in [0.2, 0.25) is 0 Å². The fraction of sp³-hybridized carbons (Fsp3) is 0. The lowest BCUT2D eigenvalue weighted by molar-refractivity contribution is 0.474. The second-order valence-corrected chi connectivity index (χ2v) is 2.82. The Morgan fingerprint density at radius 3 is 2.00 bits per heavy atom. The van der Waals surface area contributed by atoms with Gasteiger partial charge in [-0.15, -0.1) is 0 Å². The van der Waals surface area contributed by atoms with Crippen molar-refractivity contribution < 1.29 is 17.7 Å². The van der Waals surface area contributed by atoms with Crippen molar-refractivity contribution in [3.05, 3.63) is 18.5 Å². The molecule has 1 aromatic rings. The largest absolute Gasteiger partial charge is 0.330 e. The monoisotopic (exact) mass is 180 g/mol. The van der Waals surface area contributed by atoms with E-state index in [-0.39, 0.29) is 4.70 Å². The number of halogens is 1. The maximum Gasteiger partial charge on any atom is 0.330 e. The Morgan fingerprint density at radius 1 is 1.27 bits per heavy atom. The molecule has 5 nitrogen and oxygen atoms in total. The Labute approximate surface area is 62.2 Å². The number of hydrogen-bond donors (Lipinski definition) is 1. The van der Waals surface area contributed by atoms with Gasteiger partial charge in [0.05, 0.1) is 0 Å². The minimum atomic E-state index is -4.23. The molecule has 0 fully saturated rings. The second kappa shape index (κ2) is 3.35. The molecule has 0 spiro atoms. The van der Waals surface area contributed by atoms with E-state index in [0.717, 1.165) is 0 Å². The van der Waals surface area contributed by atoms with E-state index in [1.807, 2.05) is 0 Å². The van der Waals surface area contributed by atoms with Gasteiger partial charge in [0, 0.05) is 12.4 Å². The zero-order valence-corrected chi connectivity index (χ0v) is 6.02. The normalized spacial score (nSPS) is 10.3. The fourth-order valence-corrected chi connectivity index (χ4v) is 0.807. The molecule has 11 heavy (non-hydrogen) atoms. The van der Waals surface area contributed by atoms with Gasteiger partial charge in [0.25, 0.3) is 5.16 Å². The molecule has 0 aliphatic heterocycles. The summed E-state index contributed by atoms with van der Waals surface area (Å²) in [5.41, 5.74) is 0. The van der Waals surface area contributed by atoms with Crippen molar-refractivity contribution in [2.24, 2.45) is 0 Å². The van der Waals surface area contributed by atoms with Gasteiger partial charge in [-0.05, 0) is 6.07 Å². The summed E-state index contributed by atoms with van der Waals surface area (Å²) in [6.45, 7) is 0. The molecule has 0 aromatic carbocycles. The molecule has 62 valence electrons. The van der Waals surface area contributed by atoms with E-state index in [0.29, 0.717) is 0 Å². The van der Waals surface area contributed by atoms with Crippen molar-refractivity contribution in [3.63, 3.8) is 0 Å². The highest BCUT2D eigenvalue weighted by atomic mass is 32.2. The molecule has 0 amide bonds. The maximum absolute atomic E-state index is 10.3. The van der Waals surface area contributed by atoms with Crippen LogP contribution >= 0.6 is 0 Å². The van der Waals surface area contributed by atoms with Crippen molar-refractivity contribution in [1.29, 1.82) is 0 Å². The topological polar surface area (TPSA) is 80.2 Å². The van der Waals surface area contributed by atoms with Crippen LogP contribution in [0.2, 0.25) is 0 Å². The van der Waals surface area contributed by atoms with Crippen molar-refractivity contribution >= 4 is 10.1 Å². The quantitative estimate of drug-likeness (QED) is 0.481. The summed E-state index contributed by atoms with van der Waals surface area (Å²) in [6.07, 6.45) is 2.46. The number of aromatic nitrogens is 2. The lowest BCUT2D eigenvalue weighted by Crippen LogP contribution is -2.02. The Hall–Kier alpha value is -1.08. The first-order valence-corrected chi connectivity index (χ1v) is 3.79. The van der Waals surface area contributed by atoms with Gasteiger partial charge in [-0.3, -0.25) is 9.26 Å². The predicted octanol–water partition coefficient (Wildman–Crippen LogP) is -0.124. The smallest absolute Gasteiger partial charge is 0.279 e. The number of hydrogen-bond acceptors (Lipinski definition) is 4. The van der Waals surface area contributed by atoms with Crippen LogP contribution in [0.5, 0.6) is 0 Å². The van der Waals surface area contributed by atoms with E-state index < -0.39 is 15.3 Å². The molecule has 0 saturated carbocycles. The summed E-state index contributed by atoms with van der Waals surface area (Å²) in [5, 5.41) is -0.574. The lowest BCUT2D eigenvalue weighted by Gasteiger charge is -1.89. The predicted molar refractivity (Wildman–Crippen MR) is 34.3 cm³/mol. The Bertz CT molecular complexity index is 311. The molecular formula is C4H5FN2O3S. The maximum atomic E-state index is 10.3. The van der Waals surface area contributed by atoms with Gasteiger partial charge >= 0.3 is 10.1 Å². The Morgan fingerprint density at radius 2 is 1.73 bits per heavy atom. The zero-order valence-electron chi connectivity index (χ0n) is 5.21. The van der Waals surface area contributed by atoms with Crippen LogP contribution in [0.25, 0.3) is 0 Å². The van der Waals surface area contributed by atoms with E-state index in [1.165, 1.54) is 18.5 Å². The summed E-state index contributed by atoms with van der Waals surface area (Å²) in [5.74, 6) is 0. The summed E-state index contributed by atoms with van der Waals surface area (Å²) < 4.78 is 28.9. The lowest BCUT2D eigenvalue weighted by atomic mass is 10.7. The van der Waals surface area contributed by atoms with Gasteiger partial charge in [-0.25, -0.2) is 9.97 Å². The molecule has 1 aromatic heterocycles.